The molecule has 27 heavy (non-hydrogen) atoms. The van der Waals surface area contributed by atoms with Gasteiger partial charge in [0.1, 0.15) is 6.54 Å². The number of sulfonamides is 1. The van der Waals surface area contributed by atoms with Gasteiger partial charge in [-0.1, -0.05) is 28.8 Å². The molecule has 0 saturated carbocycles. The Labute approximate surface area is 171 Å². The highest BCUT2D eigenvalue weighted by Gasteiger charge is 2.21. The summed E-state index contributed by atoms with van der Waals surface area (Å²) < 4.78 is 26.4. The molecular weight excluding hydrogens is 430 g/mol. The third-order valence-electron chi connectivity index (χ3n) is 4.79. The average molecular weight is 460 g/mol. The fourth-order valence-corrected chi connectivity index (χ4v) is 4.36. The van der Waals surface area contributed by atoms with Crippen molar-refractivity contribution in [2.45, 2.75) is 39.0 Å². The van der Waals surface area contributed by atoms with Gasteiger partial charge in [-0.2, -0.15) is 0 Å². The Morgan fingerprint density at radius 2 is 1.89 bits per heavy atom. The van der Waals surface area contributed by atoms with Gasteiger partial charge in [0, 0.05) is 11.0 Å². The molecule has 0 spiro atoms. The van der Waals surface area contributed by atoms with Gasteiger partial charge >= 0.3 is 0 Å². The van der Waals surface area contributed by atoms with Crippen LogP contribution in [0.15, 0.2) is 22.7 Å². The van der Waals surface area contributed by atoms with E-state index in [4.69, 9.17) is 0 Å². The van der Waals surface area contributed by atoms with Crippen LogP contribution in [0.4, 0.5) is 5.69 Å². The summed E-state index contributed by atoms with van der Waals surface area (Å²) in [5, 5.41) is 2.86. The maximum absolute atomic E-state index is 12.3. The molecule has 0 aromatic heterocycles. The van der Waals surface area contributed by atoms with Crippen LogP contribution >= 0.6 is 15.9 Å². The van der Waals surface area contributed by atoms with Crippen molar-refractivity contribution in [1.29, 1.82) is 0 Å². The highest BCUT2D eigenvalue weighted by atomic mass is 79.9. The van der Waals surface area contributed by atoms with Crippen molar-refractivity contribution in [2.24, 2.45) is 0 Å². The lowest BCUT2D eigenvalue weighted by Gasteiger charge is -2.23. The number of anilines is 1. The molecule has 2 rings (SSSR count). The predicted molar refractivity (Wildman–Crippen MR) is 114 cm³/mol. The van der Waals surface area contributed by atoms with Crippen LogP contribution in [0.25, 0.3) is 0 Å². The van der Waals surface area contributed by atoms with Crippen molar-refractivity contribution in [2.75, 3.05) is 43.3 Å². The molecule has 0 atom stereocenters. The molecule has 0 bridgehead atoms. The molecule has 0 radical (unpaired) electrons. The Bertz CT molecular complexity index is 732. The Morgan fingerprint density at radius 1 is 1.22 bits per heavy atom. The normalized spacial score (nSPS) is 16.0. The van der Waals surface area contributed by atoms with Crippen LogP contribution in [-0.2, 0) is 14.8 Å². The van der Waals surface area contributed by atoms with Crippen molar-refractivity contribution in [3.63, 3.8) is 0 Å². The summed E-state index contributed by atoms with van der Waals surface area (Å²) in [6.45, 7) is 5.49. The Hall–Kier alpha value is -1.12. The molecule has 1 N–H and O–H groups in total. The van der Waals surface area contributed by atoms with E-state index in [1.807, 2.05) is 6.92 Å². The second kappa shape index (κ2) is 10.4. The molecule has 1 amide bonds. The maximum atomic E-state index is 12.3. The van der Waals surface area contributed by atoms with Gasteiger partial charge in [0.15, 0.2) is 0 Å². The summed E-state index contributed by atoms with van der Waals surface area (Å²) in [6, 6.07) is 5.25. The Morgan fingerprint density at radius 3 is 2.48 bits per heavy atom. The van der Waals surface area contributed by atoms with E-state index in [2.05, 4.69) is 26.1 Å². The van der Waals surface area contributed by atoms with Gasteiger partial charge in [0.25, 0.3) is 0 Å². The summed E-state index contributed by atoms with van der Waals surface area (Å²) >= 11 is 3.41. The minimum absolute atomic E-state index is 0.205. The molecule has 8 heteroatoms. The number of nitrogens with one attached hydrogen (secondary N) is 1. The number of hydrogen-bond donors (Lipinski definition) is 1. The van der Waals surface area contributed by atoms with E-state index in [1.54, 1.807) is 18.2 Å². The van der Waals surface area contributed by atoms with E-state index in [9.17, 15) is 13.2 Å². The third kappa shape index (κ3) is 7.43. The predicted octanol–water partition coefficient (Wildman–Crippen LogP) is 2.91. The standard InChI is InChI=1S/C19H30BrN3O3S/c1-16-14-17(8-9-18(16)20)23(27(2,25)26)15-19(24)21-10-7-13-22-11-5-3-4-6-12-22/h8-9,14H,3-7,10-13,15H2,1-2H3,(H,21,24). The van der Waals surface area contributed by atoms with E-state index in [1.165, 1.54) is 25.7 Å². The lowest BCUT2D eigenvalue weighted by Crippen LogP contribution is -2.41. The molecule has 1 aromatic rings. The van der Waals surface area contributed by atoms with Crippen molar-refractivity contribution >= 4 is 37.5 Å². The minimum atomic E-state index is -3.55. The number of hydrogen-bond acceptors (Lipinski definition) is 4. The number of nitrogens with zero attached hydrogens (tertiary/aromatic N) is 2. The van der Waals surface area contributed by atoms with Crippen LogP contribution < -0.4 is 9.62 Å². The molecule has 0 aliphatic carbocycles. The molecule has 1 aliphatic heterocycles. The van der Waals surface area contributed by atoms with Gasteiger partial charge in [-0.05, 0) is 69.6 Å². The number of amides is 1. The summed E-state index contributed by atoms with van der Waals surface area (Å²) in [4.78, 5) is 14.7. The van der Waals surface area contributed by atoms with E-state index < -0.39 is 10.0 Å². The lowest BCUT2D eigenvalue weighted by atomic mass is 10.2. The van der Waals surface area contributed by atoms with Crippen LogP contribution in [-0.4, -0.2) is 58.2 Å². The first-order valence-corrected chi connectivity index (χ1v) is 12.1. The van der Waals surface area contributed by atoms with Crippen LogP contribution in [0.1, 0.15) is 37.7 Å². The second-order valence-electron chi connectivity index (χ2n) is 7.16. The van der Waals surface area contributed by atoms with Crippen molar-refractivity contribution in [3.05, 3.63) is 28.2 Å². The number of carbonyl (C=O) groups excluding carboxylic acids is 1. The largest absolute Gasteiger partial charge is 0.354 e. The average Bonchev–Trinajstić information content (AvgIpc) is 2.87. The molecule has 152 valence electrons. The number of likely N-dealkylation sites (tertiary alicyclic amines) is 1. The third-order valence-corrected chi connectivity index (χ3v) is 6.82. The van der Waals surface area contributed by atoms with Crippen LogP contribution in [0, 0.1) is 6.92 Å². The molecule has 0 unspecified atom stereocenters. The molecular formula is C19H30BrN3O3S. The minimum Gasteiger partial charge on any atom is -0.354 e. The lowest BCUT2D eigenvalue weighted by molar-refractivity contribution is -0.119. The first-order valence-electron chi connectivity index (χ1n) is 9.50. The van der Waals surface area contributed by atoms with Crippen molar-refractivity contribution in [3.8, 4) is 0 Å². The number of halogens is 1. The van der Waals surface area contributed by atoms with Gasteiger partial charge in [-0.15, -0.1) is 0 Å². The molecule has 1 heterocycles. The summed E-state index contributed by atoms with van der Waals surface area (Å²) in [5.41, 5.74) is 1.41. The second-order valence-corrected chi connectivity index (χ2v) is 9.92. The molecule has 1 aliphatic rings. The van der Waals surface area contributed by atoms with Gasteiger partial charge < -0.3 is 10.2 Å². The van der Waals surface area contributed by atoms with Gasteiger partial charge in [-0.3, -0.25) is 9.10 Å². The highest BCUT2D eigenvalue weighted by Crippen LogP contribution is 2.24. The van der Waals surface area contributed by atoms with E-state index in [-0.39, 0.29) is 12.5 Å². The van der Waals surface area contributed by atoms with E-state index in [0.29, 0.717) is 12.2 Å². The zero-order valence-electron chi connectivity index (χ0n) is 16.2. The first-order chi connectivity index (χ1) is 12.8. The zero-order chi connectivity index (χ0) is 19.9. The fraction of sp³-hybridized carbons (Fsp3) is 0.632. The van der Waals surface area contributed by atoms with Crippen LogP contribution in [0.3, 0.4) is 0 Å². The number of aryl methyl sites for hydroxylation is 1. The summed E-state index contributed by atoms with van der Waals surface area (Å²) in [5.74, 6) is -0.281. The van der Waals surface area contributed by atoms with Crippen LogP contribution in [0.5, 0.6) is 0 Å². The number of carbonyl (C=O) groups is 1. The number of rotatable bonds is 8. The Balaban J connectivity index is 1.85. The van der Waals surface area contributed by atoms with Gasteiger partial charge in [-0.25, -0.2) is 8.42 Å². The quantitative estimate of drug-likeness (QED) is 0.606. The molecule has 1 fully saturated rings. The fourth-order valence-electron chi connectivity index (χ4n) is 3.26. The van der Waals surface area contributed by atoms with Gasteiger partial charge in [0.2, 0.25) is 15.9 Å². The van der Waals surface area contributed by atoms with Crippen molar-refractivity contribution in [1.82, 2.24) is 10.2 Å². The summed E-state index contributed by atoms with van der Waals surface area (Å²) in [7, 11) is -3.55. The first kappa shape index (κ1) is 22.2. The monoisotopic (exact) mass is 459 g/mol. The highest BCUT2D eigenvalue weighted by molar-refractivity contribution is 9.10. The topological polar surface area (TPSA) is 69.7 Å². The van der Waals surface area contributed by atoms with Gasteiger partial charge in [0.05, 0.1) is 11.9 Å². The van der Waals surface area contributed by atoms with Crippen molar-refractivity contribution < 1.29 is 13.2 Å². The Kier molecular flexibility index (Phi) is 8.57. The SMILES string of the molecule is Cc1cc(N(CC(=O)NCCCN2CCCCCC2)S(C)(=O)=O)ccc1Br. The van der Waals surface area contributed by atoms with Crippen LogP contribution in [0.2, 0.25) is 0 Å². The maximum Gasteiger partial charge on any atom is 0.240 e. The zero-order valence-corrected chi connectivity index (χ0v) is 18.6. The van der Waals surface area contributed by atoms with E-state index in [0.717, 1.165) is 46.7 Å². The number of benzene rings is 1. The molecule has 1 saturated heterocycles. The molecule has 6 nitrogen and oxygen atoms in total. The van der Waals surface area contributed by atoms with E-state index >= 15 is 0 Å². The summed E-state index contributed by atoms with van der Waals surface area (Å²) in [6.07, 6.45) is 7.12. The molecule has 1 aromatic carbocycles. The smallest absolute Gasteiger partial charge is 0.240 e.